The summed E-state index contributed by atoms with van der Waals surface area (Å²) in [7, 11) is 6.26. The lowest BCUT2D eigenvalue weighted by molar-refractivity contribution is -0.297. The lowest BCUT2D eigenvalue weighted by atomic mass is 9.81. The van der Waals surface area contributed by atoms with Crippen LogP contribution in [-0.2, 0) is 114 Å². The van der Waals surface area contributed by atoms with Gasteiger partial charge in [-0.1, -0.05) is 20.4 Å². The zero-order chi connectivity index (χ0) is 108. The first-order chi connectivity index (χ1) is 65.2. The van der Waals surface area contributed by atoms with Crippen molar-refractivity contribution in [2.24, 2.45) is 29.0 Å². The topological polar surface area (TPSA) is 905 Å². The van der Waals surface area contributed by atoms with Crippen molar-refractivity contribution >= 4 is 71.3 Å². The Bertz CT molecular complexity index is 4080. The summed E-state index contributed by atoms with van der Waals surface area (Å²) >= 11 is 0. The monoisotopic (exact) mass is 2040 g/mol. The number of hydrogen-bond acceptors (Lipinski definition) is 51. The van der Waals surface area contributed by atoms with Crippen LogP contribution in [0.25, 0.3) is 0 Å². The molecular weight excluding hydrogens is 1900 g/mol. The molecule has 0 spiro atoms. The van der Waals surface area contributed by atoms with Crippen LogP contribution in [0.1, 0.15) is 140 Å². The Morgan fingerprint density at radius 2 is 0.915 bits per heavy atom. The molecule has 7 aliphatic heterocycles. The van der Waals surface area contributed by atoms with E-state index < -0.39 is 336 Å². The molecule has 0 aromatic carbocycles. The van der Waals surface area contributed by atoms with E-state index in [4.69, 9.17) is 84.3 Å². The van der Waals surface area contributed by atoms with Crippen LogP contribution >= 0.6 is 0 Å². The van der Waals surface area contributed by atoms with E-state index in [0.717, 1.165) is 20.3 Å². The van der Waals surface area contributed by atoms with E-state index in [1.54, 1.807) is 39.8 Å². The van der Waals surface area contributed by atoms with E-state index in [-0.39, 0.29) is 44.0 Å². The van der Waals surface area contributed by atoms with Gasteiger partial charge in [0.05, 0.1) is 92.6 Å². The van der Waals surface area contributed by atoms with E-state index >= 15 is 0 Å². The number of ether oxygens (including phenoxy) is 12. The zero-order valence-electron chi connectivity index (χ0n) is 81.1. The second-order valence-electron chi connectivity index (χ2n) is 36.4. The van der Waals surface area contributed by atoms with Gasteiger partial charge in [0.1, 0.15) is 130 Å². The quantitative estimate of drug-likeness (QED) is 0.0200. The number of aliphatic hydroxyl groups is 22. The highest BCUT2D eigenvalue weighted by Crippen LogP contribution is 2.39. The standard InChI is InChI=1S/C20H36N2O10.C17H25NO11.C16H31N3O8.C16H28N2O9.C16H28N2O8/c1-10(2)17(21)18(27)30-8-12(24)6-14-16(11(3)23)13(25)7-20(29,32-14)19(28)31-9-15(26)22(4)5;1-7-3-12(23)28-11(7)6-27-16(25)17(26)4-9(21)13(18-8(2)20)15(29-17)14(24)10(22)5-19;1-8(20)19-12-10(21)6-16(2,25)27-14(12)13(23)11(22)7-26-15(24)9(18)4-3-5-17;1-8(18(3)4)7-26-15(24)16(25)5-10(21)12(17-9(2)20)14(27-16)13(23)11(22)6-19;1-8(19)18-12-10(20)6-16(2,24)26-14(12)13(22)11(21)7-25-15(23)9-4-3-5-17-9/h10-14,16-17,23-25,29H,6-9,21H2,1-5H3;9-10,13-15,19,21-22,24,26H,3-6H2,1-2H3,(H,18,20);9-14,21-23,25H,3-7,17-18H2,1-2H3,(H,19,20);10-14,19,21-23,25H,1,5-7H2,2-4H3,(H,17,20);9-14,17,20-22,24H,3-7H2,1-2H3,(H,18,19)/t11-,12+,13?,14?,16?,17+,20?;9-,10+,13+,14+,15+,17-;9-,10+,11-,12-,13-,14-,16-;10-,11+,12+,13+,14+,16-;9-,10+,11-,12-,13-,14-,16-/m10101/s1. The maximum Gasteiger partial charge on any atom is 0.367 e. The van der Waals surface area contributed by atoms with Crippen molar-refractivity contribution in [2.45, 2.75) is 333 Å². The predicted molar refractivity (Wildman–Crippen MR) is 473 cm³/mol. The largest absolute Gasteiger partial charge is 0.462 e. The number of carbonyl (C=O) groups excluding carboxylic acids is 12. The molecule has 0 aromatic rings. The summed E-state index contributed by atoms with van der Waals surface area (Å²) < 4.78 is 61.1. The molecule has 56 heteroatoms. The van der Waals surface area contributed by atoms with E-state index in [1.807, 2.05) is 0 Å². The molecule has 0 bridgehead atoms. The fourth-order valence-corrected chi connectivity index (χ4v) is 15.1. The van der Waals surface area contributed by atoms with Crippen molar-refractivity contribution in [3.05, 3.63) is 23.6 Å². The van der Waals surface area contributed by atoms with Gasteiger partial charge in [0, 0.05) is 106 Å². The molecule has 33 N–H and O–H groups in total. The Kier molecular flexibility index (Phi) is 51.8. The number of likely N-dealkylation sites (N-methyl/N-ethyl adjacent to an activating group) is 2. The highest BCUT2D eigenvalue weighted by Gasteiger charge is 2.59. The molecule has 0 saturated carbocycles. The van der Waals surface area contributed by atoms with Crippen molar-refractivity contribution in [2.75, 3.05) is 94.1 Å². The minimum absolute atomic E-state index is 0.0398. The molecule has 141 heavy (non-hydrogen) atoms. The summed E-state index contributed by atoms with van der Waals surface area (Å²) in [6.45, 7) is 13.9. The Hall–Kier alpha value is -8.32. The van der Waals surface area contributed by atoms with E-state index in [2.05, 4.69) is 33.2 Å². The number of nitrogens with two attached hydrogens (primary N) is 3. The molecule has 5 amide bonds. The third kappa shape index (κ3) is 39.5. The molecule has 7 aliphatic rings. The molecule has 33 atom stereocenters. The molecule has 814 valence electrons. The molecule has 7 rings (SSSR count). The van der Waals surface area contributed by atoms with Crippen molar-refractivity contribution in [3.8, 4) is 0 Å². The van der Waals surface area contributed by atoms with E-state index in [9.17, 15) is 160 Å². The third-order valence-corrected chi connectivity index (χ3v) is 23.0. The highest BCUT2D eigenvalue weighted by atomic mass is 16.7. The Morgan fingerprint density at radius 1 is 0.525 bits per heavy atom. The molecule has 56 nitrogen and oxygen atoms in total. The second-order valence-corrected chi connectivity index (χ2v) is 36.4. The number of hydrogen-bond donors (Lipinski definition) is 30. The van der Waals surface area contributed by atoms with E-state index in [1.165, 1.54) is 53.6 Å². The van der Waals surface area contributed by atoms with Crippen LogP contribution in [0, 0.1) is 11.8 Å². The molecule has 6 fully saturated rings. The summed E-state index contributed by atoms with van der Waals surface area (Å²) in [5, 5.41) is 235. The van der Waals surface area contributed by atoms with E-state index in [0.29, 0.717) is 43.6 Å². The normalized spacial score (nSPS) is 31.7. The van der Waals surface area contributed by atoms with Gasteiger partial charge in [-0.25, -0.2) is 14.4 Å². The second kappa shape index (κ2) is 57.5. The maximum atomic E-state index is 12.4. The minimum atomic E-state index is -2.73. The summed E-state index contributed by atoms with van der Waals surface area (Å²) in [6.07, 6.45) is -30.2. The molecule has 7 heterocycles. The smallest absolute Gasteiger partial charge is 0.367 e. The molecular formula is C85H148N10O46. The first-order valence-electron chi connectivity index (χ1n) is 45.1. The Labute approximate surface area is 811 Å². The lowest BCUT2D eigenvalue weighted by Crippen LogP contribution is -2.67. The SMILES string of the molecule is C=C(COC(=O)[C@]1(O)C[C@H](O)[C@@H](NC(C)=O)[C@H]([C@H](O)[C@H](O)CO)O1)N(C)C.CC(=O)N[C@H]1[C@H]([C@H](O)[C@H](O)CO)O[C@](O)(C(=O)OCC2=C(C)CC(=O)O2)C[C@@H]1O.CC(=O)N[C@H]1[C@H]([C@H](O)[C@H](O)COC(=O)[C@H](N)CCCN)O[C@@](C)(O)C[C@@H]1O.CC(=O)N[C@H]1[C@H]([C@H](O)[C@H](O)COC(=O)[C@H]2CCCN2)O[C@@](C)(O)C[C@@H]1O.CC(C)[C@H](N)C(=O)OC[C@@H](O)CC1OC(O)(C(=O)OCC(=O)N(C)C)CC(O)C1[C@@H](C)O. The van der Waals surface area contributed by atoms with Crippen LogP contribution in [-0.4, -0.2) is 481 Å². The van der Waals surface area contributed by atoms with Crippen LogP contribution in [0.4, 0.5) is 0 Å². The number of nitrogens with one attached hydrogen (secondary N) is 5. The fraction of sp³-hybridized carbons (Fsp3) is 0.812. The summed E-state index contributed by atoms with van der Waals surface area (Å²) in [5.41, 5.74) is 17.6. The molecule has 4 unspecified atom stereocenters. The zero-order valence-corrected chi connectivity index (χ0v) is 81.1. The van der Waals surface area contributed by atoms with Crippen LogP contribution in [0.5, 0.6) is 0 Å². The van der Waals surface area contributed by atoms with Gasteiger partial charge in [0.25, 0.3) is 23.3 Å². The number of cyclic esters (lactones) is 1. The predicted octanol–water partition coefficient (Wildman–Crippen LogP) is -14.8. The first-order valence-corrected chi connectivity index (χ1v) is 45.1. The molecule has 0 aromatic heterocycles. The number of amides is 5. The van der Waals surface area contributed by atoms with Crippen LogP contribution < -0.4 is 43.8 Å². The third-order valence-electron chi connectivity index (χ3n) is 23.0. The molecule has 0 radical (unpaired) electrons. The van der Waals surface area contributed by atoms with Gasteiger partial charge in [-0.05, 0) is 78.0 Å². The van der Waals surface area contributed by atoms with Crippen molar-refractivity contribution < 1.29 is 227 Å². The average Bonchev–Trinajstić information content (AvgIpc) is 0.850. The Morgan fingerprint density at radius 3 is 1.29 bits per heavy atom. The van der Waals surface area contributed by atoms with Gasteiger partial charge >= 0.3 is 41.8 Å². The van der Waals surface area contributed by atoms with Gasteiger partial charge < -0.3 is 223 Å². The number of esters is 7. The van der Waals surface area contributed by atoms with Gasteiger partial charge in [-0.2, -0.15) is 0 Å². The molecule has 6 saturated heterocycles. The number of carbonyl (C=O) groups is 12. The van der Waals surface area contributed by atoms with Crippen LogP contribution in [0.2, 0.25) is 0 Å². The number of nitrogens with zero attached hydrogens (tertiary/aromatic N) is 2. The number of aliphatic hydroxyl groups excluding tert-OH is 17. The summed E-state index contributed by atoms with van der Waals surface area (Å²) in [6, 6.07) is -6.86. The summed E-state index contributed by atoms with van der Waals surface area (Å²) in [5.74, 6) is -21.6. The van der Waals surface area contributed by atoms with Gasteiger partial charge in [-0.3, -0.25) is 43.2 Å². The number of rotatable bonds is 40. The van der Waals surface area contributed by atoms with Crippen molar-refractivity contribution in [3.63, 3.8) is 0 Å². The van der Waals surface area contributed by atoms with Crippen molar-refractivity contribution in [1.29, 1.82) is 0 Å². The van der Waals surface area contributed by atoms with Gasteiger partial charge in [0.15, 0.2) is 18.2 Å². The fourth-order valence-electron chi connectivity index (χ4n) is 15.1. The Balaban J connectivity index is 0.000000454. The van der Waals surface area contributed by atoms with Crippen LogP contribution in [0.15, 0.2) is 23.6 Å². The average molecular weight is 2050 g/mol. The highest BCUT2D eigenvalue weighted by molar-refractivity contribution is 5.84. The summed E-state index contributed by atoms with van der Waals surface area (Å²) in [4.78, 5) is 144. The maximum absolute atomic E-state index is 12.4. The lowest BCUT2D eigenvalue weighted by Gasteiger charge is -2.45. The van der Waals surface area contributed by atoms with Gasteiger partial charge in [-0.15, -0.1) is 0 Å². The minimum Gasteiger partial charge on any atom is -0.462 e. The first kappa shape index (κ1) is 127. The van der Waals surface area contributed by atoms with Crippen LogP contribution in [0.3, 0.4) is 0 Å². The van der Waals surface area contributed by atoms with Gasteiger partial charge in [0.2, 0.25) is 23.6 Å². The van der Waals surface area contributed by atoms with Crippen molar-refractivity contribution in [1.82, 2.24) is 36.4 Å². The molecule has 0 aliphatic carbocycles.